The van der Waals surface area contributed by atoms with Crippen LogP contribution < -0.4 is 10.3 Å². The first-order chi connectivity index (χ1) is 14.1. The molecular formula is C21H19Br2N3O4. The van der Waals surface area contributed by atoms with Crippen molar-refractivity contribution in [2.45, 2.75) is 26.2 Å². The van der Waals surface area contributed by atoms with Crippen molar-refractivity contribution in [1.29, 1.82) is 0 Å². The normalized spacial score (nSPS) is 11.9. The van der Waals surface area contributed by atoms with Crippen LogP contribution in [0.4, 0.5) is 0 Å². The van der Waals surface area contributed by atoms with Crippen LogP contribution >= 0.6 is 31.9 Å². The Kier molecular flexibility index (Phi) is 6.42. The molecule has 156 valence electrons. The maximum absolute atomic E-state index is 13.1. The first kappa shape index (κ1) is 22.2. The molecule has 9 heteroatoms. The van der Waals surface area contributed by atoms with Crippen LogP contribution in [0.2, 0.25) is 0 Å². The summed E-state index contributed by atoms with van der Waals surface area (Å²) in [6.07, 6.45) is 1.55. The summed E-state index contributed by atoms with van der Waals surface area (Å²) in [4.78, 5) is 28.5. The van der Waals surface area contributed by atoms with Gasteiger partial charge in [0.05, 0.1) is 21.6 Å². The van der Waals surface area contributed by atoms with E-state index in [1.807, 2.05) is 26.8 Å². The minimum absolute atomic E-state index is 0.261. The van der Waals surface area contributed by atoms with Gasteiger partial charge in [-0.05, 0) is 57.9 Å². The van der Waals surface area contributed by atoms with Crippen LogP contribution in [0.1, 0.15) is 32.2 Å². The van der Waals surface area contributed by atoms with Crippen molar-refractivity contribution in [1.82, 2.24) is 9.66 Å². The first-order valence-corrected chi connectivity index (χ1v) is 10.6. The molecular weight excluding hydrogens is 518 g/mol. The average Bonchev–Trinajstić information content (AvgIpc) is 2.66. The molecule has 1 aromatic heterocycles. The van der Waals surface area contributed by atoms with Gasteiger partial charge in [-0.25, -0.2) is 9.78 Å². The van der Waals surface area contributed by atoms with Crippen LogP contribution in [0.25, 0.3) is 10.9 Å². The molecule has 0 saturated carbocycles. The predicted octanol–water partition coefficient (Wildman–Crippen LogP) is 4.56. The molecule has 0 unspecified atom stereocenters. The second-order valence-electron chi connectivity index (χ2n) is 7.58. The SMILES string of the molecule is CC(C)(C)c1nc2ccc(Br)cc2c(=O)n1N=Cc1ccc(OCC(=O)O)c(Br)c1. The number of carbonyl (C=O) groups is 1. The van der Waals surface area contributed by atoms with Crippen molar-refractivity contribution in [2.24, 2.45) is 5.10 Å². The van der Waals surface area contributed by atoms with E-state index in [-0.39, 0.29) is 5.56 Å². The molecule has 0 bridgehead atoms. The molecule has 1 N–H and O–H groups in total. The zero-order valence-electron chi connectivity index (χ0n) is 16.5. The number of fused-ring (bicyclic) bond motifs is 1. The fourth-order valence-corrected chi connectivity index (χ4v) is 3.59. The van der Waals surface area contributed by atoms with Crippen LogP contribution in [0, 0.1) is 0 Å². The quantitative estimate of drug-likeness (QED) is 0.482. The minimum atomic E-state index is -1.06. The number of hydrogen-bond donors (Lipinski definition) is 1. The molecule has 0 atom stereocenters. The Morgan fingerprint density at radius 1 is 1.23 bits per heavy atom. The topological polar surface area (TPSA) is 93.8 Å². The minimum Gasteiger partial charge on any atom is -0.481 e. The number of carboxylic acid groups (broad SMARTS) is 1. The molecule has 0 aliphatic carbocycles. The Balaban J connectivity index is 2.05. The summed E-state index contributed by atoms with van der Waals surface area (Å²) in [7, 11) is 0. The summed E-state index contributed by atoms with van der Waals surface area (Å²) in [5.41, 5.74) is 0.642. The first-order valence-electron chi connectivity index (χ1n) is 8.97. The van der Waals surface area contributed by atoms with E-state index >= 15 is 0 Å². The van der Waals surface area contributed by atoms with Gasteiger partial charge in [0.1, 0.15) is 11.6 Å². The van der Waals surface area contributed by atoms with Gasteiger partial charge in [0.15, 0.2) is 6.61 Å². The summed E-state index contributed by atoms with van der Waals surface area (Å²) in [6.45, 7) is 5.47. The summed E-state index contributed by atoms with van der Waals surface area (Å²) < 4.78 is 7.88. The van der Waals surface area contributed by atoms with Gasteiger partial charge in [-0.2, -0.15) is 9.78 Å². The molecule has 1 heterocycles. The highest BCUT2D eigenvalue weighted by molar-refractivity contribution is 9.10. The highest BCUT2D eigenvalue weighted by Gasteiger charge is 2.22. The fourth-order valence-electron chi connectivity index (χ4n) is 2.72. The lowest BCUT2D eigenvalue weighted by molar-refractivity contribution is -0.139. The molecule has 0 spiro atoms. The lowest BCUT2D eigenvalue weighted by Gasteiger charge is -2.20. The van der Waals surface area contributed by atoms with E-state index in [0.717, 1.165) is 4.47 Å². The zero-order chi connectivity index (χ0) is 22.1. The molecule has 30 heavy (non-hydrogen) atoms. The van der Waals surface area contributed by atoms with Gasteiger partial charge in [0.2, 0.25) is 0 Å². The van der Waals surface area contributed by atoms with E-state index in [1.54, 1.807) is 36.5 Å². The number of carboxylic acids is 1. The molecule has 0 saturated heterocycles. The summed E-state index contributed by atoms with van der Waals surface area (Å²) >= 11 is 6.75. The van der Waals surface area contributed by atoms with E-state index in [2.05, 4.69) is 41.9 Å². The lowest BCUT2D eigenvalue weighted by Crippen LogP contribution is -2.29. The predicted molar refractivity (Wildman–Crippen MR) is 123 cm³/mol. The van der Waals surface area contributed by atoms with Gasteiger partial charge < -0.3 is 9.84 Å². The molecule has 0 aliphatic heterocycles. The zero-order valence-corrected chi connectivity index (χ0v) is 19.7. The average molecular weight is 537 g/mol. The molecule has 3 aromatic rings. The van der Waals surface area contributed by atoms with Gasteiger partial charge in [0.25, 0.3) is 5.56 Å². The van der Waals surface area contributed by atoms with Crippen LogP contribution in [-0.4, -0.2) is 33.6 Å². The van der Waals surface area contributed by atoms with E-state index in [1.165, 1.54) is 4.68 Å². The van der Waals surface area contributed by atoms with Gasteiger partial charge in [-0.1, -0.05) is 36.7 Å². The monoisotopic (exact) mass is 535 g/mol. The van der Waals surface area contributed by atoms with E-state index in [4.69, 9.17) is 9.84 Å². The second-order valence-corrected chi connectivity index (χ2v) is 9.35. The van der Waals surface area contributed by atoms with Crippen LogP contribution in [0.15, 0.2) is 55.2 Å². The second kappa shape index (κ2) is 8.69. The maximum atomic E-state index is 13.1. The maximum Gasteiger partial charge on any atom is 0.341 e. The van der Waals surface area contributed by atoms with Gasteiger partial charge in [-0.3, -0.25) is 4.79 Å². The number of hydrogen-bond acceptors (Lipinski definition) is 5. The Labute approximate surface area is 189 Å². The Hall–Kier alpha value is -2.52. The summed E-state index contributed by atoms with van der Waals surface area (Å²) in [6, 6.07) is 10.5. The van der Waals surface area contributed by atoms with Crippen molar-refractivity contribution in [3.8, 4) is 5.75 Å². The smallest absolute Gasteiger partial charge is 0.341 e. The largest absolute Gasteiger partial charge is 0.481 e. The van der Waals surface area contributed by atoms with Crippen LogP contribution in [0.3, 0.4) is 0 Å². The van der Waals surface area contributed by atoms with Crippen molar-refractivity contribution in [3.05, 3.63) is 67.1 Å². The van der Waals surface area contributed by atoms with Crippen LogP contribution in [-0.2, 0) is 10.2 Å². The van der Waals surface area contributed by atoms with Crippen molar-refractivity contribution in [3.63, 3.8) is 0 Å². The van der Waals surface area contributed by atoms with Crippen molar-refractivity contribution < 1.29 is 14.6 Å². The number of aliphatic carboxylic acids is 1. The molecule has 0 aliphatic rings. The van der Waals surface area contributed by atoms with E-state index in [0.29, 0.717) is 32.5 Å². The Morgan fingerprint density at radius 3 is 2.60 bits per heavy atom. The molecule has 0 radical (unpaired) electrons. The Bertz CT molecular complexity index is 1210. The number of halogens is 2. The highest BCUT2D eigenvalue weighted by atomic mass is 79.9. The van der Waals surface area contributed by atoms with Crippen molar-refractivity contribution in [2.75, 3.05) is 6.61 Å². The number of ether oxygens (including phenoxy) is 1. The van der Waals surface area contributed by atoms with E-state index < -0.39 is 18.0 Å². The molecule has 0 fully saturated rings. The number of benzene rings is 2. The molecule has 3 rings (SSSR count). The highest BCUT2D eigenvalue weighted by Crippen LogP contribution is 2.26. The number of rotatable bonds is 5. The Morgan fingerprint density at radius 2 is 1.97 bits per heavy atom. The van der Waals surface area contributed by atoms with Gasteiger partial charge in [0, 0.05) is 9.89 Å². The summed E-state index contributed by atoms with van der Waals surface area (Å²) in [5.74, 6) is -0.115. The van der Waals surface area contributed by atoms with Gasteiger partial charge >= 0.3 is 5.97 Å². The number of nitrogens with zero attached hydrogens (tertiary/aromatic N) is 3. The third kappa shape index (κ3) is 4.96. The lowest BCUT2D eigenvalue weighted by atomic mass is 9.95. The summed E-state index contributed by atoms with van der Waals surface area (Å²) in [5, 5.41) is 13.6. The fraction of sp³-hybridized carbons (Fsp3) is 0.238. The van der Waals surface area contributed by atoms with Gasteiger partial charge in [-0.15, -0.1) is 0 Å². The molecule has 2 aromatic carbocycles. The van der Waals surface area contributed by atoms with E-state index in [9.17, 15) is 9.59 Å². The van der Waals surface area contributed by atoms with Crippen LogP contribution in [0.5, 0.6) is 5.75 Å². The standard InChI is InChI=1S/C21H19Br2N3O4/c1-21(2,3)20-25-16-6-5-13(22)9-14(16)19(29)26(20)24-10-12-4-7-17(15(23)8-12)30-11-18(27)28/h4-10H,11H2,1-3H3,(H,27,28). The molecule has 7 nitrogen and oxygen atoms in total. The third-order valence-corrected chi connectivity index (χ3v) is 5.22. The third-order valence-electron chi connectivity index (χ3n) is 4.11. The van der Waals surface area contributed by atoms with Crippen molar-refractivity contribution >= 4 is 54.9 Å². The number of aromatic nitrogens is 2. The molecule has 0 amide bonds.